The van der Waals surface area contributed by atoms with E-state index in [0.29, 0.717) is 23.2 Å². The number of carbonyl (C=O) groups is 1. The Labute approximate surface area is 175 Å². The number of nitrogens with zero attached hydrogens (tertiary/aromatic N) is 4. The molecule has 1 aliphatic heterocycles. The van der Waals surface area contributed by atoms with Gasteiger partial charge < -0.3 is 15.4 Å². The highest BCUT2D eigenvalue weighted by molar-refractivity contribution is 6.03. The molecule has 2 aromatic heterocycles. The van der Waals surface area contributed by atoms with Gasteiger partial charge in [-0.15, -0.1) is 12.4 Å². The number of aryl methyl sites for hydroxylation is 1. The van der Waals surface area contributed by atoms with Crippen molar-refractivity contribution in [2.24, 2.45) is 0 Å². The van der Waals surface area contributed by atoms with Crippen LogP contribution in [0.3, 0.4) is 0 Å². The van der Waals surface area contributed by atoms with Crippen LogP contribution in [0.25, 0.3) is 0 Å². The summed E-state index contributed by atoms with van der Waals surface area (Å²) >= 11 is 0. The van der Waals surface area contributed by atoms with Crippen LogP contribution in [0.5, 0.6) is 11.8 Å². The smallest absolute Gasteiger partial charge is 0.321 e. The van der Waals surface area contributed by atoms with Gasteiger partial charge in [0.15, 0.2) is 5.69 Å². The molecule has 0 aliphatic carbocycles. The fraction of sp³-hybridized carbons (Fsp3) is 0.300. The van der Waals surface area contributed by atoms with Crippen molar-refractivity contribution in [1.29, 1.82) is 0 Å². The average Bonchev–Trinajstić information content (AvgIpc) is 3.22. The van der Waals surface area contributed by atoms with Gasteiger partial charge in [-0.05, 0) is 62.2 Å². The van der Waals surface area contributed by atoms with Crippen LogP contribution < -0.4 is 15.4 Å². The average molecular weight is 415 g/mol. The second kappa shape index (κ2) is 9.49. The van der Waals surface area contributed by atoms with Gasteiger partial charge in [0.1, 0.15) is 5.75 Å². The van der Waals surface area contributed by atoms with Crippen LogP contribution >= 0.6 is 12.4 Å². The van der Waals surface area contributed by atoms with Crippen LogP contribution in [0.4, 0.5) is 5.69 Å². The molecule has 29 heavy (non-hydrogen) atoms. The minimum absolute atomic E-state index is 0. The van der Waals surface area contributed by atoms with E-state index in [1.165, 1.54) is 0 Å². The Morgan fingerprint density at radius 1 is 1.28 bits per heavy atom. The van der Waals surface area contributed by atoms with Gasteiger partial charge in [-0.25, -0.2) is 9.97 Å². The summed E-state index contributed by atoms with van der Waals surface area (Å²) in [7, 11) is 0. The summed E-state index contributed by atoms with van der Waals surface area (Å²) in [4.78, 5) is 20.7. The van der Waals surface area contributed by atoms with Gasteiger partial charge >= 0.3 is 6.01 Å². The molecule has 2 N–H and O–H groups in total. The van der Waals surface area contributed by atoms with Crippen LogP contribution in [0, 0.1) is 6.92 Å². The van der Waals surface area contributed by atoms with E-state index in [-0.39, 0.29) is 24.3 Å². The number of halogens is 1. The summed E-state index contributed by atoms with van der Waals surface area (Å²) in [5.74, 6) is 0.376. The van der Waals surface area contributed by atoms with Crippen molar-refractivity contribution in [3.05, 3.63) is 60.2 Å². The lowest BCUT2D eigenvalue weighted by molar-refractivity contribution is 0.102. The maximum atomic E-state index is 12.6. The fourth-order valence-corrected chi connectivity index (χ4v) is 3.19. The maximum Gasteiger partial charge on any atom is 0.321 e. The molecule has 1 saturated heterocycles. The SMILES string of the molecule is Cc1cc(Oc2ncccn2)ccc1NC(=O)c1ccn(C2CCCNC2)n1.Cl. The largest absolute Gasteiger partial charge is 0.424 e. The molecule has 8 nitrogen and oxygen atoms in total. The first-order chi connectivity index (χ1) is 13.7. The first kappa shape index (κ1) is 20.8. The lowest BCUT2D eigenvalue weighted by Crippen LogP contribution is -2.32. The third kappa shape index (κ3) is 5.10. The molecular weight excluding hydrogens is 392 g/mol. The highest BCUT2D eigenvalue weighted by Crippen LogP contribution is 2.24. The number of nitrogens with one attached hydrogen (secondary N) is 2. The van der Waals surface area contributed by atoms with Crippen molar-refractivity contribution in [2.45, 2.75) is 25.8 Å². The number of amides is 1. The second-order valence-corrected chi connectivity index (χ2v) is 6.75. The lowest BCUT2D eigenvalue weighted by Gasteiger charge is -2.22. The van der Waals surface area contributed by atoms with Gasteiger partial charge in [-0.3, -0.25) is 9.48 Å². The van der Waals surface area contributed by atoms with E-state index >= 15 is 0 Å². The van der Waals surface area contributed by atoms with Gasteiger partial charge in [-0.2, -0.15) is 5.10 Å². The summed E-state index contributed by atoms with van der Waals surface area (Å²) in [6.07, 6.45) is 7.30. The molecule has 4 rings (SSSR count). The van der Waals surface area contributed by atoms with Crippen LogP contribution in [0.15, 0.2) is 48.9 Å². The number of ether oxygens (including phenoxy) is 1. The summed E-state index contributed by atoms with van der Waals surface area (Å²) < 4.78 is 7.50. The predicted molar refractivity (Wildman–Crippen MR) is 112 cm³/mol. The van der Waals surface area contributed by atoms with Crippen molar-refractivity contribution in [3.8, 4) is 11.8 Å². The van der Waals surface area contributed by atoms with E-state index in [4.69, 9.17) is 4.74 Å². The van der Waals surface area contributed by atoms with E-state index in [9.17, 15) is 4.79 Å². The van der Waals surface area contributed by atoms with E-state index in [1.807, 2.05) is 23.9 Å². The van der Waals surface area contributed by atoms with E-state index < -0.39 is 0 Å². The van der Waals surface area contributed by atoms with Crippen molar-refractivity contribution >= 4 is 24.0 Å². The Bertz CT molecular complexity index is 957. The molecular formula is C20H23ClN6O2. The molecule has 0 spiro atoms. The number of piperidine rings is 1. The molecule has 1 fully saturated rings. The summed E-state index contributed by atoms with van der Waals surface area (Å²) in [6.45, 7) is 3.83. The number of rotatable bonds is 5. The normalized spacial score (nSPS) is 16.0. The molecule has 9 heteroatoms. The van der Waals surface area contributed by atoms with E-state index in [2.05, 4.69) is 25.7 Å². The fourth-order valence-electron chi connectivity index (χ4n) is 3.19. The molecule has 1 aliphatic rings. The molecule has 152 valence electrons. The first-order valence-corrected chi connectivity index (χ1v) is 9.32. The highest BCUT2D eigenvalue weighted by Gasteiger charge is 2.18. The second-order valence-electron chi connectivity index (χ2n) is 6.75. The number of anilines is 1. The van der Waals surface area contributed by atoms with Crippen molar-refractivity contribution in [2.75, 3.05) is 18.4 Å². The molecule has 3 heterocycles. The van der Waals surface area contributed by atoms with Gasteiger partial charge in [0.05, 0.1) is 6.04 Å². The maximum absolute atomic E-state index is 12.6. The Morgan fingerprint density at radius 3 is 2.83 bits per heavy atom. The lowest BCUT2D eigenvalue weighted by atomic mass is 10.1. The molecule has 1 aromatic carbocycles. The number of hydrogen-bond donors (Lipinski definition) is 2. The summed E-state index contributed by atoms with van der Waals surface area (Å²) in [5.41, 5.74) is 1.99. The standard InChI is InChI=1S/C20H22N6O2.ClH/c1-14-12-16(28-20-22-9-3-10-23-20)5-6-17(14)24-19(27)18-7-11-26(25-18)15-4-2-8-21-13-15;/h3,5-7,9-12,15,21H,2,4,8,13H2,1H3,(H,24,27);1H. The topological polar surface area (TPSA) is 94.0 Å². The summed E-state index contributed by atoms with van der Waals surface area (Å²) in [5, 5.41) is 10.7. The van der Waals surface area contributed by atoms with Crippen LogP contribution in [-0.4, -0.2) is 38.7 Å². The van der Waals surface area contributed by atoms with E-state index in [1.54, 1.807) is 36.7 Å². The predicted octanol–water partition coefficient (Wildman–Crippen LogP) is 3.37. The van der Waals surface area contributed by atoms with Crippen molar-refractivity contribution in [1.82, 2.24) is 25.1 Å². The molecule has 1 amide bonds. The van der Waals surface area contributed by atoms with Gasteiger partial charge in [-0.1, -0.05) is 0 Å². The van der Waals surface area contributed by atoms with Crippen LogP contribution in [0.2, 0.25) is 0 Å². The third-order valence-electron chi connectivity index (χ3n) is 4.68. The monoisotopic (exact) mass is 414 g/mol. The Hall–Kier alpha value is -2.97. The van der Waals surface area contributed by atoms with Crippen molar-refractivity contribution < 1.29 is 9.53 Å². The molecule has 0 bridgehead atoms. The third-order valence-corrected chi connectivity index (χ3v) is 4.68. The Kier molecular flexibility index (Phi) is 6.79. The van der Waals surface area contributed by atoms with Gasteiger partial charge in [0.2, 0.25) is 0 Å². The first-order valence-electron chi connectivity index (χ1n) is 9.32. The van der Waals surface area contributed by atoms with Gasteiger partial charge in [0, 0.05) is 30.8 Å². The molecule has 1 unspecified atom stereocenters. The quantitative estimate of drug-likeness (QED) is 0.664. The van der Waals surface area contributed by atoms with E-state index in [0.717, 1.165) is 31.5 Å². The Balaban J connectivity index is 0.00000240. The zero-order valence-corrected chi connectivity index (χ0v) is 16.9. The van der Waals surface area contributed by atoms with Crippen LogP contribution in [-0.2, 0) is 0 Å². The Morgan fingerprint density at radius 2 is 2.10 bits per heavy atom. The van der Waals surface area contributed by atoms with Gasteiger partial charge in [0.25, 0.3) is 5.91 Å². The molecule has 0 saturated carbocycles. The molecule has 0 radical (unpaired) electrons. The number of benzene rings is 1. The zero-order chi connectivity index (χ0) is 19.3. The number of aromatic nitrogens is 4. The highest BCUT2D eigenvalue weighted by atomic mass is 35.5. The number of carbonyl (C=O) groups excluding carboxylic acids is 1. The molecule has 1 atom stereocenters. The zero-order valence-electron chi connectivity index (χ0n) is 16.0. The molecule has 3 aromatic rings. The minimum Gasteiger partial charge on any atom is -0.424 e. The van der Waals surface area contributed by atoms with Crippen LogP contribution in [0.1, 0.15) is 34.9 Å². The minimum atomic E-state index is -0.231. The summed E-state index contributed by atoms with van der Waals surface area (Å²) in [6, 6.07) is 9.46. The van der Waals surface area contributed by atoms with Crippen molar-refractivity contribution in [3.63, 3.8) is 0 Å². The number of hydrogen-bond acceptors (Lipinski definition) is 6.